The predicted molar refractivity (Wildman–Crippen MR) is 78.3 cm³/mol. The molecule has 0 radical (unpaired) electrons. The third-order valence-electron chi connectivity index (χ3n) is 1.98. The van der Waals surface area contributed by atoms with Crippen LogP contribution >= 0.6 is 35.4 Å². The first-order valence-electron chi connectivity index (χ1n) is 4.94. The van der Waals surface area contributed by atoms with Crippen molar-refractivity contribution in [2.45, 2.75) is 0 Å². The number of rotatable bonds is 2. The SMILES string of the molecule is S=C(Nc1cnccn1)Nc1cc(Cl)ccc1Cl. The summed E-state index contributed by atoms with van der Waals surface area (Å²) in [5.74, 6) is 0.549. The van der Waals surface area contributed by atoms with Crippen LogP contribution in [0.4, 0.5) is 11.5 Å². The predicted octanol–water partition coefficient (Wildman–Crippen LogP) is 3.59. The molecule has 1 heterocycles. The second-order valence-electron chi connectivity index (χ2n) is 3.29. The summed E-state index contributed by atoms with van der Waals surface area (Å²) in [6.07, 6.45) is 4.71. The van der Waals surface area contributed by atoms with Crippen LogP contribution in [-0.4, -0.2) is 15.1 Å². The maximum Gasteiger partial charge on any atom is 0.176 e. The standard InChI is InChI=1S/C11H8Cl2N4S/c12-7-1-2-8(13)9(5-7)16-11(18)17-10-6-14-3-4-15-10/h1-6H,(H2,15,16,17,18). The molecule has 0 bridgehead atoms. The molecule has 0 spiro atoms. The van der Waals surface area contributed by atoms with Gasteiger partial charge in [0, 0.05) is 17.4 Å². The first kappa shape index (κ1) is 13.0. The van der Waals surface area contributed by atoms with Gasteiger partial charge in [0.15, 0.2) is 10.9 Å². The Bertz CT molecular complexity index is 562. The van der Waals surface area contributed by atoms with Crippen molar-refractivity contribution in [3.05, 3.63) is 46.8 Å². The number of aromatic nitrogens is 2. The Morgan fingerprint density at radius 3 is 2.72 bits per heavy atom. The quantitative estimate of drug-likeness (QED) is 0.830. The molecular weight excluding hydrogens is 291 g/mol. The summed E-state index contributed by atoms with van der Waals surface area (Å²) in [5.41, 5.74) is 0.630. The van der Waals surface area contributed by atoms with Gasteiger partial charge in [0.2, 0.25) is 0 Å². The van der Waals surface area contributed by atoms with Gasteiger partial charge in [-0.3, -0.25) is 4.98 Å². The Morgan fingerprint density at radius 1 is 1.17 bits per heavy atom. The van der Waals surface area contributed by atoms with Gasteiger partial charge in [-0.1, -0.05) is 23.2 Å². The Balaban J connectivity index is 2.05. The number of nitrogens with zero attached hydrogens (tertiary/aromatic N) is 2. The van der Waals surface area contributed by atoms with Crippen molar-refractivity contribution in [2.75, 3.05) is 10.6 Å². The summed E-state index contributed by atoms with van der Waals surface area (Å²) in [4.78, 5) is 7.96. The molecule has 0 saturated heterocycles. The van der Waals surface area contributed by atoms with Gasteiger partial charge in [-0.2, -0.15) is 0 Å². The monoisotopic (exact) mass is 298 g/mol. The van der Waals surface area contributed by atoms with E-state index in [1.54, 1.807) is 36.8 Å². The summed E-state index contributed by atoms with van der Waals surface area (Å²) < 4.78 is 0. The van der Waals surface area contributed by atoms with Gasteiger partial charge in [-0.05, 0) is 30.4 Å². The van der Waals surface area contributed by atoms with Gasteiger partial charge in [-0.15, -0.1) is 0 Å². The van der Waals surface area contributed by atoms with E-state index in [2.05, 4.69) is 20.6 Å². The first-order valence-corrected chi connectivity index (χ1v) is 6.10. The average Bonchev–Trinajstić information content (AvgIpc) is 2.35. The summed E-state index contributed by atoms with van der Waals surface area (Å²) in [6, 6.07) is 5.08. The average molecular weight is 299 g/mol. The van der Waals surface area contributed by atoms with Crippen LogP contribution in [0.2, 0.25) is 10.0 Å². The number of nitrogens with one attached hydrogen (secondary N) is 2. The molecule has 2 N–H and O–H groups in total. The molecule has 0 fully saturated rings. The molecule has 0 aliphatic rings. The van der Waals surface area contributed by atoms with E-state index in [1.165, 1.54) is 0 Å². The molecule has 92 valence electrons. The van der Waals surface area contributed by atoms with Crippen LogP contribution in [0.5, 0.6) is 0 Å². The Morgan fingerprint density at radius 2 is 2.00 bits per heavy atom. The lowest BCUT2D eigenvalue weighted by Gasteiger charge is -2.11. The van der Waals surface area contributed by atoms with Crippen LogP contribution < -0.4 is 10.6 Å². The number of halogens is 2. The molecule has 1 aromatic heterocycles. The number of benzene rings is 1. The molecule has 18 heavy (non-hydrogen) atoms. The number of anilines is 2. The summed E-state index contributed by atoms with van der Waals surface area (Å²) >= 11 is 17.0. The van der Waals surface area contributed by atoms with E-state index in [-0.39, 0.29) is 0 Å². The van der Waals surface area contributed by atoms with Crippen LogP contribution in [0.1, 0.15) is 0 Å². The molecular formula is C11H8Cl2N4S. The molecule has 7 heteroatoms. The number of hydrogen-bond donors (Lipinski definition) is 2. The molecule has 0 unspecified atom stereocenters. The molecule has 0 amide bonds. The highest BCUT2D eigenvalue weighted by atomic mass is 35.5. The minimum atomic E-state index is 0.361. The fraction of sp³-hybridized carbons (Fsp3) is 0. The summed E-state index contributed by atoms with van der Waals surface area (Å²) in [6.45, 7) is 0. The van der Waals surface area contributed by atoms with Gasteiger partial charge in [0.1, 0.15) is 0 Å². The summed E-state index contributed by atoms with van der Waals surface area (Å²) in [7, 11) is 0. The first-order chi connectivity index (χ1) is 8.65. The van der Waals surface area contributed by atoms with E-state index in [0.29, 0.717) is 26.7 Å². The largest absolute Gasteiger partial charge is 0.331 e. The third kappa shape index (κ3) is 3.53. The molecule has 0 atom stereocenters. The second kappa shape index (κ2) is 5.95. The number of hydrogen-bond acceptors (Lipinski definition) is 3. The van der Waals surface area contributed by atoms with Crippen molar-refractivity contribution in [3.8, 4) is 0 Å². The van der Waals surface area contributed by atoms with E-state index in [4.69, 9.17) is 35.4 Å². The minimum absolute atomic E-state index is 0.361. The molecule has 1 aromatic carbocycles. The van der Waals surface area contributed by atoms with E-state index in [9.17, 15) is 0 Å². The molecule has 0 aliphatic carbocycles. The third-order valence-corrected chi connectivity index (χ3v) is 2.75. The van der Waals surface area contributed by atoms with Crippen molar-refractivity contribution in [1.29, 1.82) is 0 Å². The summed E-state index contributed by atoms with van der Waals surface area (Å²) in [5, 5.41) is 7.28. The van der Waals surface area contributed by atoms with Crippen molar-refractivity contribution in [3.63, 3.8) is 0 Å². The minimum Gasteiger partial charge on any atom is -0.331 e. The van der Waals surface area contributed by atoms with Crippen LogP contribution in [0, 0.1) is 0 Å². The van der Waals surface area contributed by atoms with Crippen molar-refractivity contribution in [2.24, 2.45) is 0 Å². The maximum absolute atomic E-state index is 6.01. The van der Waals surface area contributed by atoms with Crippen LogP contribution in [0.15, 0.2) is 36.8 Å². The van der Waals surface area contributed by atoms with Crippen molar-refractivity contribution < 1.29 is 0 Å². The molecule has 0 aliphatic heterocycles. The lowest BCUT2D eigenvalue weighted by atomic mass is 10.3. The van der Waals surface area contributed by atoms with Gasteiger partial charge < -0.3 is 10.6 Å². The zero-order chi connectivity index (χ0) is 13.0. The van der Waals surface area contributed by atoms with Gasteiger partial charge in [-0.25, -0.2) is 4.98 Å². The van der Waals surface area contributed by atoms with Gasteiger partial charge in [0.05, 0.1) is 16.9 Å². The van der Waals surface area contributed by atoms with E-state index in [0.717, 1.165) is 0 Å². The molecule has 0 saturated carbocycles. The van der Waals surface area contributed by atoms with Crippen LogP contribution in [0.3, 0.4) is 0 Å². The zero-order valence-electron chi connectivity index (χ0n) is 9.02. The van der Waals surface area contributed by atoms with Gasteiger partial charge in [0.25, 0.3) is 0 Å². The van der Waals surface area contributed by atoms with E-state index in [1.807, 2.05) is 0 Å². The Hall–Kier alpha value is -1.43. The highest BCUT2D eigenvalue weighted by Gasteiger charge is 2.04. The fourth-order valence-corrected chi connectivity index (χ4v) is 1.78. The van der Waals surface area contributed by atoms with Crippen molar-refractivity contribution in [1.82, 2.24) is 9.97 Å². The maximum atomic E-state index is 6.01. The van der Waals surface area contributed by atoms with Crippen LogP contribution in [0.25, 0.3) is 0 Å². The Labute approximate surface area is 119 Å². The zero-order valence-corrected chi connectivity index (χ0v) is 11.4. The molecule has 2 rings (SSSR count). The smallest absolute Gasteiger partial charge is 0.176 e. The normalized spacial score (nSPS) is 9.89. The highest BCUT2D eigenvalue weighted by molar-refractivity contribution is 7.80. The Kier molecular flexibility index (Phi) is 4.30. The second-order valence-corrected chi connectivity index (χ2v) is 4.55. The number of thiocarbonyl (C=S) groups is 1. The van der Waals surface area contributed by atoms with Crippen LogP contribution in [-0.2, 0) is 0 Å². The molecule has 4 nitrogen and oxygen atoms in total. The van der Waals surface area contributed by atoms with E-state index >= 15 is 0 Å². The van der Waals surface area contributed by atoms with Gasteiger partial charge >= 0.3 is 0 Å². The van der Waals surface area contributed by atoms with Crippen molar-refractivity contribution >= 4 is 52.0 Å². The lowest BCUT2D eigenvalue weighted by Crippen LogP contribution is -2.20. The van der Waals surface area contributed by atoms with E-state index < -0.39 is 0 Å². The fourth-order valence-electron chi connectivity index (χ4n) is 1.23. The lowest BCUT2D eigenvalue weighted by molar-refractivity contribution is 1.21. The topological polar surface area (TPSA) is 49.8 Å². The highest BCUT2D eigenvalue weighted by Crippen LogP contribution is 2.25. The molecule has 2 aromatic rings.